The topological polar surface area (TPSA) is 46.3 Å². The molecule has 1 aliphatic rings. The van der Waals surface area contributed by atoms with E-state index in [0.717, 1.165) is 12.8 Å². The van der Waals surface area contributed by atoms with E-state index in [9.17, 15) is 4.79 Å². The Labute approximate surface area is 127 Å². The standard InChI is InChI=1S/C15H15ClN2OS/c16-10-3-6-13(14(17)8-10)15(19)18(11-4-5-11)9-12-2-1-7-20-12/h1-3,6-8,11H,4-5,9,17H2. The first-order chi connectivity index (χ1) is 9.65. The molecule has 1 saturated carbocycles. The van der Waals surface area contributed by atoms with Crippen LogP contribution in [0.3, 0.4) is 0 Å². The van der Waals surface area contributed by atoms with Crippen LogP contribution in [0.4, 0.5) is 5.69 Å². The Hall–Kier alpha value is -1.52. The molecule has 0 unspecified atom stereocenters. The van der Waals surface area contributed by atoms with Gasteiger partial charge in [0.15, 0.2) is 0 Å². The number of amides is 1. The average Bonchev–Trinajstić information content (AvgIpc) is 3.12. The Bertz CT molecular complexity index is 623. The van der Waals surface area contributed by atoms with Gasteiger partial charge in [0.1, 0.15) is 0 Å². The van der Waals surface area contributed by atoms with Gasteiger partial charge in [0.25, 0.3) is 5.91 Å². The van der Waals surface area contributed by atoms with Gasteiger partial charge < -0.3 is 10.6 Å². The first-order valence-corrected chi connectivity index (χ1v) is 7.79. The molecule has 20 heavy (non-hydrogen) atoms. The molecular weight excluding hydrogens is 292 g/mol. The molecule has 1 aliphatic carbocycles. The van der Waals surface area contributed by atoms with Crippen LogP contribution in [0.5, 0.6) is 0 Å². The van der Waals surface area contributed by atoms with Gasteiger partial charge in [-0.1, -0.05) is 17.7 Å². The Kier molecular flexibility index (Phi) is 3.68. The summed E-state index contributed by atoms with van der Waals surface area (Å²) in [6, 6.07) is 9.46. The third-order valence-electron chi connectivity index (χ3n) is 3.40. The fraction of sp³-hybridized carbons (Fsp3) is 0.267. The van der Waals surface area contributed by atoms with E-state index in [1.165, 1.54) is 4.88 Å². The van der Waals surface area contributed by atoms with E-state index in [-0.39, 0.29) is 5.91 Å². The molecule has 1 heterocycles. The quantitative estimate of drug-likeness (QED) is 0.874. The molecule has 0 radical (unpaired) electrons. The van der Waals surface area contributed by atoms with Crippen molar-refractivity contribution in [2.75, 3.05) is 5.73 Å². The number of hydrogen-bond acceptors (Lipinski definition) is 3. The molecule has 2 N–H and O–H groups in total. The Morgan fingerprint density at radius 3 is 2.80 bits per heavy atom. The highest BCUT2D eigenvalue weighted by atomic mass is 35.5. The van der Waals surface area contributed by atoms with Crippen molar-refractivity contribution in [1.82, 2.24) is 4.90 Å². The average molecular weight is 307 g/mol. The van der Waals surface area contributed by atoms with Gasteiger partial charge in [0.05, 0.1) is 12.1 Å². The minimum atomic E-state index is -0.00457. The van der Waals surface area contributed by atoms with Crippen LogP contribution in [-0.2, 0) is 6.54 Å². The lowest BCUT2D eigenvalue weighted by Crippen LogP contribution is -2.32. The van der Waals surface area contributed by atoms with Crippen molar-refractivity contribution in [2.24, 2.45) is 0 Å². The number of anilines is 1. The van der Waals surface area contributed by atoms with Gasteiger partial charge in [-0.15, -0.1) is 11.3 Å². The fourth-order valence-electron chi connectivity index (χ4n) is 2.21. The maximum Gasteiger partial charge on any atom is 0.256 e. The number of hydrogen-bond donors (Lipinski definition) is 1. The zero-order valence-electron chi connectivity index (χ0n) is 10.9. The van der Waals surface area contributed by atoms with Crippen LogP contribution in [0, 0.1) is 0 Å². The molecule has 0 bridgehead atoms. The van der Waals surface area contributed by atoms with Crippen molar-refractivity contribution >= 4 is 34.5 Å². The van der Waals surface area contributed by atoms with Crippen molar-refractivity contribution < 1.29 is 4.79 Å². The summed E-state index contributed by atoms with van der Waals surface area (Å²) in [5.74, 6) is -0.00457. The third-order valence-corrected chi connectivity index (χ3v) is 4.50. The Morgan fingerprint density at radius 1 is 1.40 bits per heavy atom. The largest absolute Gasteiger partial charge is 0.398 e. The molecule has 0 atom stereocenters. The van der Waals surface area contributed by atoms with Crippen LogP contribution < -0.4 is 5.73 Å². The van der Waals surface area contributed by atoms with Crippen molar-refractivity contribution in [1.29, 1.82) is 0 Å². The summed E-state index contributed by atoms with van der Waals surface area (Å²) in [7, 11) is 0. The van der Waals surface area contributed by atoms with E-state index >= 15 is 0 Å². The number of carbonyl (C=O) groups excluding carboxylic acids is 1. The highest BCUT2D eigenvalue weighted by Gasteiger charge is 2.33. The van der Waals surface area contributed by atoms with Crippen LogP contribution in [0.1, 0.15) is 28.1 Å². The monoisotopic (exact) mass is 306 g/mol. The van der Waals surface area contributed by atoms with Crippen LogP contribution in [0.2, 0.25) is 5.02 Å². The van der Waals surface area contributed by atoms with Gasteiger partial charge in [0.2, 0.25) is 0 Å². The molecule has 1 aromatic carbocycles. The zero-order chi connectivity index (χ0) is 14.1. The predicted molar refractivity (Wildman–Crippen MR) is 83.1 cm³/mol. The first-order valence-electron chi connectivity index (χ1n) is 6.53. The van der Waals surface area contributed by atoms with E-state index in [2.05, 4.69) is 6.07 Å². The van der Waals surface area contributed by atoms with Crippen molar-refractivity contribution in [3.8, 4) is 0 Å². The molecule has 0 saturated heterocycles. The molecule has 1 fully saturated rings. The van der Waals surface area contributed by atoms with Crippen molar-refractivity contribution in [3.63, 3.8) is 0 Å². The summed E-state index contributed by atoms with van der Waals surface area (Å²) >= 11 is 7.56. The SMILES string of the molecule is Nc1cc(Cl)ccc1C(=O)N(Cc1cccs1)C1CC1. The minimum Gasteiger partial charge on any atom is -0.398 e. The van der Waals surface area contributed by atoms with Gasteiger partial charge in [-0.2, -0.15) is 0 Å². The minimum absolute atomic E-state index is 0.00457. The predicted octanol–water partition coefficient (Wildman–Crippen LogP) is 3.79. The third kappa shape index (κ3) is 2.81. The highest BCUT2D eigenvalue weighted by Crippen LogP contribution is 2.32. The number of nitrogen functional groups attached to an aromatic ring is 1. The second-order valence-electron chi connectivity index (χ2n) is 4.98. The van der Waals surface area contributed by atoms with Gasteiger partial charge in [-0.3, -0.25) is 4.79 Å². The molecule has 3 nitrogen and oxygen atoms in total. The number of nitrogens with zero attached hydrogens (tertiary/aromatic N) is 1. The maximum absolute atomic E-state index is 12.7. The van der Waals surface area contributed by atoms with Gasteiger partial charge >= 0.3 is 0 Å². The number of carbonyl (C=O) groups is 1. The summed E-state index contributed by atoms with van der Waals surface area (Å²) in [4.78, 5) is 15.8. The van der Waals surface area contributed by atoms with E-state index in [1.54, 1.807) is 29.5 Å². The number of nitrogens with two attached hydrogens (primary N) is 1. The molecular formula is C15H15ClN2OS. The number of rotatable bonds is 4. The molecule has 3 rings (SSSR count). The van der Waals surface area contributed by atoms with E-state index < -0.39 is 0 Å². The van der Waals surface area contributed by atoms with Gasteiger partial charge in [0, 0.05) is 21.6 Å². The summed E-state index contributed by atoms with van der Waals surface area (Å²) in [6.45, 7) is 0.656. The lowest BCUT2D eigenvalue weighted by atomic mass is 10.1. The van der Waals surface area contributed by atoms with Crippen LogP contribution in [0.15, 0.2) is 35.7 Å². The second-order valence-corrected chi connectivity index (χ2v) is 6.44. The molecule has 0 aliphatic heterocycles. The Balaban J connectivity index is 1.85. The molecule has 1 amide bonds. The Morgan fingerprint density at radius 2 is 2.20 bits per heavy atom. The van der Waals surface area contributed by atoms with E-state index in [1.807, 2.05) is 16.3 Å². The smallest absolute Gasteiger partial charge is 0.256 e. The number of benzene rings is 1. The van der Waals surface area contributed by atoms with Crippen molar-refractivity contribution in [2.45, 2.75) is 25.4 Å². The maximum atomic E-state index is 12.7. The highest BCUT2D eigenvalue weighted by molar-refractivity contribution is 7.09. The van der Waals surface area contributed by atoms with Crippen molar-refractivity contribution in [3.05, 3.63) is 51.2 Å². The first kappa shape index (κ1) is 13.5. The summed E-state index contributed by atoms with van der Waals surface area (Å²) < 4.78 is 0. The summed E-state index contributed by atoms with van der Waals surface area (Å²) in [6.07, 6.45) is 2.15. The summed E-state index contributed by atoms with van der Waals surface area (Å²) in [5, 5.41) is 2.58. The summed E-state index contributed by atoms with van der Waals surface area (Å²) in [5.41, 5.74) is 6.91. The molecule has 5 heteroatoms. The second kappa shape index (κ2) is 5.46. The van der Waals surface area contributed by atoms with Crippen LogP contribution in [0.25, 0.3) is 0 Å². The number of halogens is 1. The molecule has 2 aromatic rings. The zero-order valence-corrected chi connectivity index (χ0v) is 12.5. The molecule has 104 valence electrons. The van der Waals surface area contributed by atoms with Crippen LogP contribution in [-0.4, -0.2) is 16.8 Å². The normalized spacial score (nSPS) is 14.2. The molecule has 0 spiro atoms. The number of thiophene rings is 1. The lowest BCUT2D eigenvalue weighted by molar-refractivity contribution is 0.0733. The fourth-order valence-corrected chi connectivity index (χ4v) is 3.09. The molecule has 1 aromatic heterocycles. The van der Waals surface area contributed by atoms with E-state index in [4.69, 9.17) is 17.3 Å². The van der Waals surface area contributed by atoms with Gasteiger partial charge in [-0.05, 0) is 42.5 Å². The lowest BCUT2D eigenvalue weighted by Gasteiger charge is -2.22. The van der Waals surface area contributed by atoms with Gasteiger partial charge in [-0.25, -0.2) is 0 Å². The van der Waals surface area contributed by atoms with Crippen LogP contribution >= 0.6 is 22.9 Å². The van der Waals surface area contributed by atoms with E-state index in [0.29, 0.717) is 28.9 Å².